The zero-order valence-corrected chi connectivity index (χ0v) is 7.88. The molecule has 1 saturated carbocycles. The summed E-state index contributed by atoms with van der Waals surface area (Å²) in [6.07, 6.45) is 3.16. The average molecular weight is 210 g/mol. The van der Waals surface area contributed by atoms with Gasteiger partial charge in [-0.15, -0.1) is 5.10 Å². The van der Waals surface area contributed by atoms with E-state index in [0.717, 1.165) is 17.6 Å². The van der Waals surface area contributed by atoms with Crippen LogP contribution in [0.1, 0.15) is 12.8 Å². The van der Waals surface area contributed by atoms with Gasteiger partial charge in [0.05, 0.1) is 6.20 Å². The lowest BCUT2D eigenvalue weighted by Crippen LogP contribution is -2.15. The van der Waals surface area contributed by atoms with Gasteiger partial charge in [0.25, 0.3) is 0 Å². The Morgan fingerprint density at radius 3 is 2.93 bits per heavy atom. The van der Waals surface area contributed by atoms with Crippen LogP contribution in [0, 0.1) is 5.92 Å². The second-order valence-corrected chi connectivity index (χ2v) is 3.42. The minimum atomic E-state index is -1.02. The number of aromatic nitrogens is 3. The minimum Gasteiger partial charge on any atom is -0.480 e. The van der Waals surface area contributed by atoms with Gasteiger partial charge >= 0.3 is 5.97 Å². The molecule has 0 atom stereocenters. The Kier molecular flexibility index (Phi) is 2.36. The topological polar surface area (TPSA) is 97.1 Å². The SMILES string of the molecule is O=C(O)Cn1ncc(NC(=O)C2CC2)n1. The number of carboxylic acid groups (broad SMARTS) is 1. The molecule has 7 nitrogen and oxygen atoms in total. The molecule has 15 heavy (non-hydrogen) atoms. The summed E-state index contributed by atoms with van der Waals surface area (Å²) in [5.41, 5.74) is 0. The van der Waals surface area contributed by atoms with E-state index in [9.17, 15) is 9.59 Å². The number of nitrogens with one attached hydrogen (secondary N) is 1. The fourth-order valence-electron chi connectivity index (χ4n) is 1.13. The van der Waals surface area contributed by atoms with E-state index in [-0.39, 0.29) is 18.4 Å². The van der Waals surface area contributed by atoms with Crippen LogP contribution in [0.15, 0.2) is 6.20 Å². The summed E-state index contributed by atoms with van der Waals surface area (Å²) in [4.78, 5) is 22.7. The molecule has 0 spiro atoms. The Hall–Kier alpha value is -1.92. The summed E-state index contributed by atoms with van der Waals surface area (Å²) >= 11 is 0. The molecule has 0 unspecified atom stereocenters. The quantitative estimate of drug-likeness (QED) is 0.711. The van der Waals surface area contributed by atoms with Crippen molar-refractivity contribution >= 4 is 17.7 Å². The lowest BCUT2D eigenvalue weighted by atomic mass is 10.4. The van der Waals surface area contributed by atoms with Crippen LogP contribution in [0.5, 0.6) is 0 Å². The maximum atomic E-state index is 11.3. The summed E-state index contributed by atoms with van der Waals surface area (Å²) in [5, 5.41) is 18.5. The predicted octanol–water partition coefficient (Wildman–Crippen LogP) is -0.289. The van der Waals surface area contributed by atoms with E-state index in [1.54, 1.807) is 0 Å². The molecule has 1 aliphatic rings. The molecule has 80 valence electrons. The molecular formula is C8H10N4O3. The fraction of sp³-hybridized carbons (Fsp3) is 0.500. The summed E-state index contributed by atoms with van der Waals surface area (Å²) < 4.78 is 0. The summed E-state index contributed by atoms with van der Waals surface area (Å²) in [5.74, 6) is -0.703. The van der Waals surface area contributed by atoms with Gasteiger partial charge in [-0.1, -0.05) is 0 Å². The number of anilines is 1. The third-order valence-electron chi connectivity index (χ3n) is 2.01. The number of rotatable bonds is 4. The van der Waals surface area contributed by atoms with E-state index in [1.807, 2.05) is 0 Å². The van der Waals surface area contributed by atoms with Crippen LogP contribution in [-0.2, 0) is 16.1 Å². The molecule has 0 aromatic carbocycles. The Bertz CT molecular complexity index is 396. The van der Waals surface area contributed by atoms with Crippen molar-refractivity contribution in [3.63, 3.8) is 0 Å². The van der Waals surface area contributed by atoms with Gasteiger partial charge in [0.2, 0.25) is 5.91 Å². The Morgan fingerprint density at radius 1 is 1.60 bits per heavy atom. The first-order valence-corrected chi connectivity index (χ1v) is 4.58. The highest BCUT2D eigenvalue weighted by Crippen LogP contribution is 2.29. The van der Waals surface area contributed by atoms with Crippen molar-refractivity contribution < 1.29 is 14.7 Å². The van der Waals surface area contributed by atoms with Crippen molar-refractivity contribution in [1.29, 1.82) is 0 Å². The van der Waals surface area contributed by atoms with Crippen LogP contribution in [0.2, 0.25) is 0 Å². The van der Waals surface area contributed by atoms with E-state index in [4.69, 9.17) is 5.11 Å². The van der Waals surface area contributed by atoms with Gasteiger partial charge in [0.1, 0.15) is 0 Å². The van der Waals surface area contributed by atoms with E-state index in [0.29, 0.717) is 5.82 Å². The molecule has 1 aliphatic carbocycles. The van der Waals surface area contributed by atoms with Gasteiger partial charge in [-0.2, -0.15) is 9.90 Å². The number of carboxylic acids is 1. The maximum absolute atomic E-state index is 11.3. The molecule has 1 aromatic heterocycles. The first-order valence-electron chi connectivity index (χ1n) is 4.58. The Balaban J connectivity index is 1.94. The molecule has 0 aliphatic heterocycles. The number of aliphatic carboxylic acids is 1. The molecule has 1 fully saturated rings. The number of amides is 1. The number of hydrogen-bond donors (Lipinski definition) is 2. The summed E-state index contributed by atoms with van der Waals surface area (Å²) in [7, 11) is 0. The molecular weight excluding hydrogens is 200 g/mol. The molecule has 2 rings (SSSR count). The van der Waals surface area contributed by atoms with Crippen LogP contribution in [0.4, 0.5) is 5.82 Å². The van der Waals surface area contributed by atoms with Gasteiger partial charge in [-0.05, 0) is 12.8 Å². The highest BCUT2D eigenvalue weighted by atomic mass is 16.4. The van der Waals surface area contributed by atoms with Crippen LogP contribution < -0.4 is 5.32 Å². The van der Waals surface area contributed by atoms with Gasteiger partial charge in [-0.3, -0.25) is 9.59 Å². The van der Waals surface area contributed by atoms with Crippen LogP contribution in [-0.4, -0.2) is 32.0 Å². The first-order chi connectivity index (χ1) is 7.15. The second-order valence-electron chi connectivity index (χ2n) is 3.42. The lowest BCUT2D eigenvalue weighted by Gasteiger charge is -1.97. The zero-order chi connectivity index (χ0) is 10.8. The highest BCUT2D eigenvalue weighted by molar-refractivity contribution is 5.93. The molecule has 1 amide bonds. The Labute approximate surface area is 85.1 Å². The molecule has 0 saturated heterocycles. The summed E-state index contributed by atoms with van der Waals surface area (Å²) in [6.45, 7) is -0.306. The maximum Gasteiger partial charge on any atom is 0.327 e. The van der Waals surface area contributed by atoms with Gasteiger partial charge in [0, 0.05) is 5.92 Å². The van der Waals surface area contributed by atoms with Crippen molar-refractivity contribution in [3.05, 3.63) is 6.20 Å². The fourth-order valence-corrected chi connectivity index (χ4v) is 1.13. The minimum absolute atomic E-state index is 0.0719. The molecule has 1 aromatic rings. The smallest absolute Gasteiger partial charge is 0.327 e. The molecule has 1 heterocycles. The van der Waals surface area contributed by atoms with E-state index >= 15 is 0 Å². The van der Waals surface area contributed by atoms with Crippen LogP contribution >= 0.6 is 0 Å². The second kappa shape index (κ2) is 3.68. The zero-order valence-electron chi connectivity index (χ0n) is 7.88. The third kappa shape index (κ3) is 2.52. The van der Waals surface area contributed by atoms with Crippen molar-refractivity contribution in [2.75, 3.05) is 5.32 Å². The predicted molar refractivity (Wildman–Crippen MR) is 49.0 cm³/mol. The lowest BCUT2D eigenvalue weighted by molar-refractivity contribution is -0.138. The molecule has 2 N–H and O–H groups in total. The van der Waals surface area contributed by atoms with Crippen LogP contribution in [0.3, 0.4) is 0 Å². The largest absolute Gasteiger partial charge is 0.480 e. The Morgan fingerprint density at radius 2 is 2.33 bits per heavy atom. The van der Waals surface area contributed by atoms with Gasteiger partial charge in [0.15, 0.2) is 12.4 Å². The van der Waals surface area contributed by atoms with E-state index in [1.165, 1.54) is 6.20 Å². The van der Waals surface area contributed by atoms with Crippen molar-refractivity contribution in [2.45, 2.75) is 19.4 Å². The van der Waals surface area contributed by atoms with Crippen LogP contribution in [0.25, 0.3) is 0 Å². The number of nitrogens with zero attached hydrogens (tertiary/aromatic N) is 3. The van der Waals surface area contributed by atoms with Gasteiger partial charge in [-0.25, -0.2) is 0 Å². The van der Waals surface area contributed by atoms with E-state index in [2.05, 4.69) is 15.5 Å². The standard InChI is InChI=1S/C8H10N4O3/c13-7(14)4-12-9-3-6(11-12)10-8(15)5-1-2-5/h3,5H,1-2,4H2,(H,13,14)(H,10,11,15). The average Bonchev–Trinajstić information content (AvgIpc) is 2.90. The summed E-state index contributed by atoms with van der Waals surface area (Å²) in [6, 6.07) is 0. The molecule has 7 heteroatoms. The van der Waals surface area contributed by atoms with Crippen molar-refractivity contribution in [2.24, 2.45) is 5.92 Å². The highest BCUT2D eigenvalue weighted by Gasteiger charge is 2.30. The number of carbonyl (C=O) groups is 2. The van der Waals surface area contributed by atoms with Gasteiger partial charge < -0.3 is 10.4 Å². The molecule has 0 radical (unpaired) electrons. The van der Waals surface area contributed by atoms with Crippen molar-refractivity contribution in [1.82, 2.24) is 15.0 Å². The normalized spacial score (nSPS) is 14.9. The monoisotopic (exact) mass is 210 g/mol. The third-order valence-corrected chi connectivity index (χ3v) is 2.01. The first kappa shape index (κ1) is 9.63. The molecule has 0 bridgehead atoms. The van der Waals surface area contributed by atoms with E-state index < -0.39 is 5.97 Å². The number of hydrogen-bond acceptors (Lipinski definition) is 4. The van der Waals surface area contributed by atoms with Crippen molar-refractivity contribution in [3.8, 4) is 0 Å². The number of carbonyl (C=O) groups excluding carboxylic acids is 1.